The monoisotopic (exact) mass is 261 g/mol. The molecule has 0 radical (unpaired) electrons. The maximum absolute atomic E-state index is 11.8. The van der Waals surface area contributed by atoms with Crippen molar-refractivity contribution in [2.24, 2.45) is 11.7 Å². The molecule has 2 aromatic heterocycles. The highest BCUT2D eigenvalue weighted by molar-refractivity contribution is 5.94. The maximum atomic E-state index is 11.8. The number of hydrogen-bond acceptors (Lipinski definition) is 4. The average molecular weight is 261 g/mol. The number of rotatable bonds is 4. The van der Waals surface area contributed by atoms with Crippen molar-refractivity contribution in [1.29, 1.82) is 0 Å². The van der Waals surface area contributed by atoms with Gasteiger partial charge >= 0.3 is 0 Å². The standard InChI is InChI=1S/C13H19N5O/c1-8(2)18-12-10(6-16-18)4-11(7-15-12)17-13(19)9(3)5-14/h4,6-9H,5,14H2,1-3H3,(H,17,19). The van der Waals surface area contributed by atoms with Gasteiger partial charge in [0, 0.05) is 23.9 Å². The fourth-order valence-corrected chi connectivity index (χ4v) is 1.76. The van der Waals surface area contributed by atoms with E-state index in [1.54, 1.807) is 19.3 Å². The first-order valence-electron chi connectivity index (χ1n) is 6.37. The summed E-state index contributed by atoms with van der Waals surface area (Å²) in [6, 6.07) is 2.12. The Labute approximate surface area is 112 Å². The summed E-state index contributed by atoms with van der Waals surface area (Å²) in [7, 11) is 0. The van der Waals surface area contributed by atoms with E-state index in [1.807, 2.05) is 24.6 Å². The van der Waals surface area contributed by atoms with Gasteiger partial charge in [0.15, 0.2) is 5.65 Å². The Morgan fingerprint density at radius 1 is 1.42 bits per heavy atom. The van der Waals surface area contributed by atoms with Crippen molar-refractivity contribution in [3.05, 3.63) is 18.5 Å². The number of anilines is 1. The van der Waals surface area contributed by atoms with Crippen LogP contribution >= 0.6 is 0 Å². The van der Waals surface area contributed by atoms with E-state index in [1.165, 1.54) is 0 Å². The van der Waals surface area contributed by atoms with Gasteiger partial charge in [0.05, 0.1) is 18.1 Å². The van der Waals surface area contributed by atoms with Gasteiger partial charge in [0.25, 0.3) is 0 Å². The molecular formula is C13H19N5O. The number of nitrogens with one attached hydrogen (secondary N) is 1. The van der Waals surface area contributed by atoms with Gasteiger partial charge < -0.3 is 11.1 Å². The summed E-state index contributed by atoms with van der Waals surface area (Å²) in [5.74, 6) is -0.311. The van der Waals surface area contributed by atoms with E-state index < -0.39 is 0 Å². The number of nitrogens with two attached hydrogens (primary N) is 1. The molecule has 0 bridgehead atoms. The van der Waals surface area contributed by atoms with Gasteiger partial charge in [0.1, 0.15) is 0 Å². The van der Waals surface area contributed by atoms with E-state index in [-0.39, 0.29) is 17.9 Å². The van der Waals surface area contributed by atoms with Gasteiger partial charge in [-0.25, -0.2) is 9.67 Å². The van der Waals surface area contributed by atoms with Crippen LogP contribution in [0.4, 0.5) is 5.69 Å². The molecule has 1 unspecified atom stereocenters. The predicted octanol–water partition coefficient (Wildman–Crippen LogP) is 1.55. The number of fused-ring (bicyclic) bond motifs is 1. The van der Waals surface area contributed by atoms with Crippen LogP contribution in [0.1, 0.15) is 26.8 Å². The van der Waals surface area contributed by atoms with Crippen molar-refractivity contribution < 1.29 is 4.79 Å². The van der Waals surface area contributed by atoms with Crippen molar-refractivity contribution in [2.75, 3.05) is 11.9 Å². The van der Waals surface area contributed by atoms with Gasteiger partial charge in [-0.1, -0.05) is 6.92 Å². The van der Waals surface area contributed by atoms with Crippen LogP contribution in [-0.2, 0) is 4.79 Å². The van der Waals surface area contributed by atoms with E-state index >= 15 is 0 Å². The Kier molecular flexibility index (Phi) is 3.80. The maximum Gasteiger partial charge on any atom is 0.228 e. The minimum Gasteiger partial charge on any atom is -0.330 e. The Bertz CT molecular complexity index is 590. The first kappa shape index (κ1) is 13.5. The molecule has 2 heterocycles. The molecule has 6 nitrogen and oxygen atoms in total. The van der Waals surface area contributed by atoms with E-state index in [0.717, 1.165) is 11.0 Å². The zero-order chi connectivity index (χ0) is 14.0. The Balaban J connectivity index is 2.25. The fraction of sp³-hybridized carbons (Fsp3) is 0.462. The van der Waals surface area contributed by atoms with Gasteiger partial charge in [-0.2, -0.15) is 5.10 Å². The second-order valence-electron chi connectivity index (χ2n) is 4.95. The highest BCUT2D eigenvalue weighted by atomic mass is 16.1. The van der Waals surface area contributed by atoms with Crippen molar-refractivity contribution >= 4 is 22.6 Å². The molecule has 1 amide bonds. The average Bonchev–Trinajstić information content (AvgIpc) is 2.80. The lowest BCUT2D eigenvalue weighted by Gasteiger charge is -2.10. The summed E-state index contributed by atoms with van der Waals surface area (Å²) in [5, 5.41) is 8.00. The van der Waals surface area contributed by atoms with Gasteiger partial charge in [-0.05, 0) is 19.9 Å². The third kappa shape index (κ3) is 2.73. The first-order valence-corrected chi connectivity index (χ1v) is 6.37. The van der Waals surface area contributed by atoms with Crippen molar-refractivity contribution in [3.63, 3.8) is 0 Å². The zero-order valence-corrected chi connectivity index (χ0v) is 11.4. The van der Waals surface area contributed by atoms with Crippen molar-refractivity contribution in [1.82, 2.24) is 14.8 Å². The van der Waals surface area contributed by atoms with Crippen LogP contribution < -0.4 is 11.1 Å². The number of carbonyl (C=O) groups is 1. The number of amides is 1. The van der Waals surface area contributed by atoms with Gasteiger partial charge in [-0.15, -0.1) is 0 Å². The predicted molar refractivity (Wildman–Crippen MR) is 74.8 cm³/mol. The molecule has 19 heavy (non-hydrogen) atoms. The van der Waals surface area contributed by atoms with Crippen molar-refractivity contribution in [3.8, 4) is 0 Å². The van der Waals surface area contributed by atoms with E-state index in [2.05, 4.69) is 15.4 Å². The summed E-state index contributed by atoms with van der Waals surface area (Å²) in [4.78, 5) is 16.1. The molecular weight excluding hydrogens is 242 g/mol. The third-order valence-electron chi connectivity index (χ3n) is 2.99. The van der Waals surface area contributed by atoms with Crippen LogP contribution in [0, 0.1) is 5.92 Å². The summed E-state index contributed by atoms with van der Waals surface area (Å²) in [6.07, 6.45) is 3.40. The highest BCUT2D eigenvalue weighted by Crippen LogP contribution is 2.19. The van der Waals surface area contributed by atoms with Crippen LogP contribution in [0.15, 0.2) is 18.5 Å². The number of hydrogen-bond donors (Lipinski definition) is 2. The van der Waals surface area contributed by atoms with Crippen LogP contribution in [0.25, 0.3) is 11.0 Å². The topological polar surface area (TPSA) is 85.8 Å². The Hall–Kier alpha value is -1.95. The second-order valence-corrected chi connectivity index (χ2v) is 4.95. The summed E-state index contributed by atoms with van der Waals surface area (Å²) >= 11 is 0. The molecule has 6 heteroatoms. The molecule has 0 aromatic carbocycles. The van der Waals surface area contributed by atoms with Crippen LogP contribution in [0.3, 0.4) is 0 Å². The van der Waals surface area contributed by atoms with Crippen LogP contribution in [0.2, 0.25) is 0 Å². The Morgan fingerprint density at radius 2 is 2.16 bits per heavy atom. The fourth-order valence-electron chi connectivity index (χ4n) is 1.76. The van der Waals surface area contributed by atoms with E-state index in [9.17, 15) is 4.79 Å². The molecule has 0 aliphatic heterocycles. The highest BCUT2D eigenvalue weighted by Gasteiger charge is 2.12. The lowest BCUT2D eigenvalue weighted by atomic mass is 10.1. The molecule has 0 aliphatic carbocycles. The summed E-state index contributed by atoms with van der Waals surface area (Å²) < 4.78 is 1.85. The van der Waals surface area contributed by atoms with Crippen LogP contribution in [-0.4, -0.2) is 27.2 Å². The van der Waals surface area contributed by atoms with Crippen LogP contribution in [0.5, 0.6) is 0 Å². The Morgan fingerprint density at radius 3 is 2.79 bits per heavy atom. The first-order chi connectivity index (χ1) is 9.02. The van der Waals surface area contributed by atoms with Gasteiger partial charge in [0.2, 0.25) is 5.91 Å². The molecule has 0 aliphatic rings. The summed E-state index contributed by atoms with van der Waals surface area (Å²) in [6.45, 7) is 6.21. The normalized spacial score (nSPS) is 12.9. The molecule has 0 saturated heterocycles. The number of nitrogens with zero attached hydrogens (tertiary/aromatic N) is 3. The molecule has 3 N–H and O–H groups in total. The molecule has 2 rings (SSSR count). The lowest BCUT2D eigenvalue weighted by molar-refractivity contribution is -0.119. The van der Waals surface area contributed by atoms with E-state index in [4.69, 9.17) is 5.73 Å². The smallest absolute Gasteiger partial charge is 0.228 e. The third-order valence-corrected chi connectivity index (χ3v) is 2.99. The minimum atomic E-state index is -0.214. The van der Waals surface area contributed by atoms with Gasteiger partial charge in [-0.3, -0.25) is 4.79 Å². The molecule has 0 saturated carbocycles. The van der Waals surface area contributed by atoms with Crippen molar-refractivity contribution in [2.45, 2.75) is 26.8 Å². The molecule has 1 atom stereocenters. The molecule has 0 fully saturated rings. The zero-order valence-electron chi connectivity index (χ0n) is 11.4. The number of aromatic nitrogens is 3. The molecule has 2 aromatic rings. The minimum absolute atomic E-state index is 0.0973. The number of carbonyl (C=O) groups excluding carboxylic acids is 1. The largest absolute Gasteiger partial charge is 0.330 e. The SMILES string of the molecule is CC(CN)C(=O)Nc1cnc2c(cnn2C(C)C)c1. The summed E-state index contributed by atoms with van der Waals surface area (Å²) in [5.41, 5.74) is 6.95. The lowest BCUT2D eigenvalue weighted by Crippen LogP contribution is -2.26. The van der Waals surface area contributed by atoms with E-state index in [0.29, 0.717) is 12.2 Å². The second kappa shape index (κ2) is 5.36. The molecule has 102 valence electrons. The number of pyridine rings is 1. The molecule has 0 spiro atoms. The quantitative estimate of drug-likeness (QED) is 0.874.